The second kappa shape index (κ2) is 14.9. The van der Waals surface area contributed by atoms with E-state index in [0.29, 0.717) is 33.3 Å². The lowest BCUT2D eigenvalue weighted by Crippen LogP contribution is -2.45. The third-order valence-corrected chi connectivity index (χ3v) is 6.07. The maximum absolute atomic E-state index is 12.7. The van der Waals surface area contributed by atoms with Gasteiger partial charge in [0.1, 0.15) is 5.75 Å². The molecule has 0 saturated carbocycles. The van der Waals surface area contributed by atoms with E-state index in [1.54, 1.807) is 44.2 Å². The van der Waals surface area contributed by atoms with E-state index in [9.17, 15) is 14.4 Å². The van der Waals surface area contributed by atoms with Gasteiger partial charge in [-0.15, -0.1) is 0 Å². The van der Waals surface area contributed by atoms with Gasteiger partial charge in [0.2, 0.25) is 0 Å². The summed E-state index contributed by atoms with van der Waals surface area (Å²) in [6, 6.07) is 9.39. The van der Waals surface area contributed by atoms with Crippen molar-refractivity contribution in [2.45, 2.75) is 19.9 Å². The van der Waals surface area contributed by atoms with Crippen LogP contribution in [0.5, 0.6) is 17.2 Å². The number of ether oxygens (including phenoxy) is 5. The number of nitrogens with one attached hydrogen (secondary N) is 3. The predicted octanol–water partition coefficient (Wildman–Crippen LogP) is 2.79. The predicted molar refractivity (Wildman–Crippen MR) is 154 cm³/mol. The molecular weight excluding hydrogens is 576 g/mol. The molecule has 218 valence electrons. The summed E-state index contributed by atoms with van der Waals surface area (Å²) >= 11 is 11.6. The monoisotopic (exact) mass is 604 g/mol. The first-order chi connectivity index (χ1) is 19.7. The van der Waals surface area contributed by atoms with Gasteiger partial charge in [-0.25, -0.2) is 15.0 Å². The fourth-order valence-electron chi connectivity index (χ4n) is 3.76. The van der Waals surface area contributed by atoms with Crippen LogP contribution in [-0.2, 0) is 23.9 Å². The number of allylic oxidation sites excluding steroid dienone is 1. The van der Waals surface area contributed by atoms with Gasteiger partial charge >= 0.3 is 11.9 Å². The van der Waals surface area contributed by atoms with E-state index in [1.165, 1.54) is 26.5 Å². The van der Waals surface area contributed by atoms with E-state index in [0.717, 1.165) is 0 Å². The fourth-order valence-corrected chi connectivity index (χ4v) is 4.30. The van der Waals surface area contributed by atoms with Crippen LogP contribution < -0.4 is 30.3 Å². The third kappa shape index (κ3) is 8.32. The number of methoxy groups -OCH3 is 2. The van der Waals surface area contributed by atoms with Gasteiger partial charge in [0.25, 0.3) is 5.91 Å². The minimum absolute atomic E-state index is 0.160. The van der Waals surface area contributed by atoms with Gasteiger partial charge in [-0.2, -0.15) is 5.10 Å². The highest BCUT2D eigenvalue weighted by atomic mass is 35.5. The molecule has 0 bridgehead atoms. The van der Waals surface area contributed by atoms with Crippen molar-refractivity contribution in [3.63, 3.8) is 0 Å². The number of carbonyl (C=O) groups is 3. The number of hydrogen-bond donors (Lipinski definition) is 3. The van der Waals surface area contributed by atoms with Crippen LogP contribution in [0.2, 0.25) is 5.02 Å². The maximum Gasteiger partial charge on any atom is 0.343 e. The molecule has 0 aliphatic carbocycles. The van der Waals surface area contributed by atoms with Crippen molar-refractivity contribution in [3.8, 4) is 17.2 Å². The third-order valence-electron chi connectivity index (χ3n) is 5.57. The highest BCUT2D eigenvalue weighted by Crippen LogP contribution is 2.36. The number of benzene rings is 2. The lowest BCUT2D eigenvalue weighted by molar-refractivity contribution is -0.143. The molecule has 0 spiro atoms. The summed E-state index contributed by atoms with van der Waals surface area (Å²) < 4.78 is 26.2. The summed E-state index contributed by atoms with van der Waals surface area (Å²) in [5.74, 6) is -0.845. The van der Waals surface area contributed by atoms with Gasteiger partial charge in [0.05, 0.1) is 43.7 Å². The van der Waals surface area contributed by atoms with E-state index in [-0.39, 0.29) is 36.3 Å². The van der Waals surface area contributed by atoms with Crippen molar-refractivity contribution in [3.05, 3.63) is 63.8 Å². The zero-order valence-corrected chi connectivity index (χ0v) is 24.3. The molecule has 0 aromatic heterocycles. The summed E-state index contributed by atoms with van der Waals surface area (Å²) in [5, 5.41) is 10.4. The number of carbonyl (C=O) groups excluding carboxylic acids is 3. The van der Waals surface area contributed by atoms with Crippen LogP contribution in [-0.4, -0.2) is 63.2 Å². The Morgan fingerprint density at radius 1 is 1.12 bits per heavy atom. The standard InChI is InChI=1S/C27H29ClN4O8S/c1-5-38-26(35)23-15(2)30-27(41)31-24(23)17-8-6-7-9-19(17)39-13-21(33)32-29-12-16-10-18(28)25(20(11-16)36-3)40-14-22(34)37-4/h6-12,24H,5,13-14H2,1-4H3,(H,32,33)(H2,30,31,41)/t24-/m1/s1. The van der Waals surface area contributed by atoms with E-state index in [2.05, 4.69) is 25.9 Å². The number of rotatable bonds is 12. The van der Waals surface area contributed by atoms with Crippen molar-refractivity contribution in [1.82, 2.24) is 16.1 Å². The Bertz CT molecular complexity index is 1380. The van der Waals surface area contributed by atoms with Crippen LogP contribution in [0.4, 0.5) is 0 Å². The van der Waals surface area contributed by atoms with Crippen LogP contribution in [0.25, 0.3) is 0 Å². The Kier molecular flexibility index (Phi) is 11.3. The Hall–Kier alpha value is -4.36. The normalized spacial score (nSPS) is 14.6. The minimum Gasteiger partial charge on any atom is -0.493 e. The average molecular weight is 605 g/mol. The molecule has 0 radical (unpaired) electrons. The first-order valence-corrected chi connectivity index (χ1v) is 13.0. The second-order valence-corrected chi connectivity index (χ2v) is 9.12. The van der Waals surface area contributed by atoms with Crippen LogP contribution in [0, 0.1) is 0 Å². The average Bonchev–Trinajstić information content (AvgIpc) is 2.94. The molecular formula is C27H29ClN4O8S. The molecule has 41 heavy (non-hydrogen) atoms. The molecule has 12 nitrogen and oxygen atoms in total. The molecule has 3 N–H and O–H groups in total. The van der Waals surface area contributed by atoms with Crippen molar-refractivity contribution in [1.29, 1.82) is 0 Å². The molecule has 2 aromatic rings. The molecule has 3 rings (SSSR count). The van der Waals surface area contributed by atoms with Crippen molar-refractivity contribution >= 4 is 53.0 Å². The fraction of sp³-hybridized carbons (Fsp3) is 0.296. The van der Waals surface area contributed by atoms with Crippen LogP contribution >= 0.6 is 23.8 Å². The van der Waals surface area contributed by atoms with E-state index >= 15 is 0 Å². The van der Waals surface area contributed by atoms with Gasteiger partial charge in [0.15, 0.2) is 29.8 Å². The molecule has 1 amide bonds. The van der Waals surface area contributed by atoms with Gasteiger partial charge in [-0.1, -0.05) is 29.8 Å². The van der Waals surface area contributed by atoms with Gasteiger partial charge < -0.3 is 34.3 Å². The van der Waals surface area contributed by atoms with Crippen LogP contribution in [0.1, 0.15) is 31.0 Å². The molecule has 2 aromatic carbocycles. The summed E-state index contributed by atoms with van der Waals surface area (Å²) in [7, 11) is 2.65. The van der Waals surface area contributed by atoms with E-state index in [1.807, 2.05) is 0 Å². The zero-order chi connectivity index (χ0) is 29.9. The number of nitrogens with zero attached hydrogens (tertiary/aromatic N) is 1. The zero-order valence-electron chi connectivity index (χ0n) is 22.7. The highest BCUT2D eigenvalue weighted by Gasteiger charge is 2.32. The smallest absolute Gasteiger partial charge is 0.343 e. The number of hydrazone groups is 1. The molecule has 1 heterocycles. The van der Waals surface area contributed by atoms with Crippen molar-refractivity contribution < 1.29 is 38.1 Å². The first-order valence-electron chi connectivity index (χ1n) is 12.2. The largest absolute Gasteiger partial charge is 0.493 e. The van der Waals surface area contributed by atoms with Crippen LogP contribution in [0.15, 0.2) is 52.8 Å². The van der Waals surface area contributed by atoms with Gasteiger partial charge in [-0.3, -0.25) is 4.79 Å². The number of halogens is 1. The highest BCUT2D eigenvalue weighted by molar-refractivity contribution is 7.80. The second-order valence-electron chi connectivity index (χ2n) is 8.31. The minimum atomic E-state index is -0.653. The van der Waals surface area contributed by atoms with E-state index < -0.39 is 23.9 Å². The summed E-state index contributed by atoms with van der Waals surface area (Å²) in [6.45, 7) is 2.94. The molecule has 0 unspecified atom stereocenters. The first kappa shape index (κ1) is 31.2. The Labute approximate surface area is 246 Å². The number of thiocarbonyl (C=S) groups is 1. The maximum atomic E-state index is 12.7. The number of amides is 1. The molecule has 1 atom stereocenters. The number of para-hydroxylation sites is 1. The Morgan fingerprint density at radius 2 is 1.88 bits per heavy atom. The van der Waals surface area contributed by atoms with E-state index in [4.69, 9.17) is 42.8 Å². The molecule has 14 heteroatoms. The SMILES string of the molecule is CCOC(=O)C1=C(C)NC(=S)N[C@@H]1c1ccccc1OCC(=O)NN=Cc1cc(Cl)c(OCC(=O)OC)c(OC)c1. The van der Waals surface area contributed by atoms with Crippen LogP contribution in [0.3, 0.4) is 0 Å². The molecule has 0 saturated heterocycles. The molecule has 1 aliphatic heterocycles. The Morgan fingerprint density at radius 3 is 2.59 bits per heavy atom. The summed E-state index contributed by atoms with van der Waals surface area (Å²) in [4.78, 5) is 36.5. The molecule has 1 aliphatic rings. The van der Waals surface area contributed by atoms with Crippen molar-refractivity contribution in [2.75, 3.05) is 34.0 Å². The lowest BCUT2D eigenvalue weighted by atomic mass is 9.95. The van der Waals surface area contributed by atoms with Crippen molar-refractivity contribution in [2.24, 2.45) is 5.10 Å². The lowest BCUT2D eigenvalue weighted by Gasteiger charge is -2.30. The molecule has 0 fully saturated rings. The summed E-state index contributed by atoms with van der Waals surface area (Å²) in [6.07, 6.45) is 1.35. The van der Waals surface area contributed by atoms with Gasteiger partial charge in [-0.05, 0) is 49.8 Å². The topological polar surface area (TPSA) is 146 Å². The van der Waals surface area contributed by atoms with Gasteiger partial charge in [0, 0.05) is 11.3 Å². The Balaban J connectivity index is 1.68. The number of esters is 2. The summed E-state index contributed by atoms with van der Waals surface area (Å²) in [5.41, 5.74) is 4.36. The number of hydrogen-bond acceptors (Lipinski definition) is 10. The quantitative estimate of drug-likeness (QED) is 0.142.